The van der Waals surface area contributed by atoms with Crippen LogP contribution in [0.15, 0.2) is 24.3 Å². The van der Waals surface area contributed by atoms with Crippen LogP contribution in [0.25, 0.3) is 0 Å². The summed E-state index contributed by atoms with van der Waals surface area (Å²) >= 11 is 5.88. The Hall–Kier alpha value is -1.85. The molecular weight excluding hydrogens is 300 g/mol. The maximum atomic E-state index is 12.1. The molecule has 118 valence electrons. The van der Waals surface area contributed by atoms with Crippen LogP contribution in [0, 0.1) is 13.8 Å². The molecule has 3 N–H and O–H groups in total. The van der Waals surface area contributed by atoms with Crippen molar-refractivity contribution in [3.05, 3.63) is 46.2 Å². The van der Waals surface area contributed by atoms with Crippen LogP contribution in [0.5, 0.6) is 0 Å². The van der Waals surface area contributed by atoms with E-state index < -0.39 is 0 Å². The fourth-order valence-electron chi connectivity index (χ4n) is 2.33. The van der Waals surface area contributed by atoms with Crippen LogP contribution < -0.4 is 10.6 Å². The second-order valence-electron chi connectivity index (χ2n) is 5.50. The highest BCUT2D eigenvalue weighted by Gasteiger charge is 2.15. The molecule has 1 heterocycles. The summed E-state index contributed by atoms with van der Waals surface area (Å²) in [5.74, 6) is -0.0278. The van der Waals surface area contributed by atoms with Gasteiger partial charge in [0.1, 0.15) is 6.04 Å². The number of nitrogens with zero attached hydrogens (tertiary/aromatic N) is 2. The van der Waals surface area contributed by atoms with Crippen LogP contribution in [0.2, 0.25) is 5.02 Å². The molecule has 0 unspecified atom stereocenters. The maximum absolute atomic E-state index is 12.1. The molecule has 22 heavy (non-hydrogen) atoms. The van der Waals surface area contributed by atoms with Crippen molar-refractivity contribution in [1.82, 2.24) is 9.78 Å². The van der Waals surface area contributed by atoms with Gasteiger partial charge in [0.25, 0.3) is 5.91 Å². The van der Waals surface area contributed by atoms with Crippen LogP contribution in [-0.4, -0.2) is 22.2 Å². The Morgan fingerprint density at radius 2 is 2.00 bits per heavy atom. The van der Waals surface area contributed by atoms with Crippen molar-refractivity contribution in [3.63, 3.8) is 0 Å². The number of anilines is 1. The molecule has 1 atom stereocenters. The van der Waals surface area contributed by atoms with E-state index in [9.17, 15) is 4.79 Å². The molecule has 0 aliphatic heterocycles. The third kappa shape index (κ3) is 3.87. The van der Waals surface area contributed by atoms with Crippen molar-refractivity contribution in [2.24, 2.45) is 7.05 Å². The van der Waals surface area contributed by atoms with Gasteiger partial charge in [0.15, 0.2) is 6.54 Å². The summed E-state index contributed by atoms with van der Waals surface area (Å²) in [4.78, 5) is 12.1. The number of nitrogens with two attached hydrogens (primary N) is 1. The van der Waals surface area contributed by atoms with Crippen molar-refractivity contribution in [1.29, 1.82) is 0 Å². The third-order valence-electron chi connectivity index (χ3n) is 3.83. The zero-order valence-electron chi connectivity index (χ0n) is 13.4. The Bertz CT molecular complexity index is 664. The molecule has 0 saturated heterocycles. The highest BCUT2D eigenvalue weighted by atomic mass is 35.5. The number of aryl methyl sites for hydroxylation is 2. The average Bonchev–Trinajstić information content (AvgIpc) is 2.72. The Morgan fingerprint density at radius 1 is 1.36 bits per heavy atom. The van der Waals surface area contributed by atoms with E-state index in [4.69, 9.17) is 11.6 Å². The van der Waals surface area contributed by atoms with Gasteiger partial charge in [-0.25, -0.2) is 0 Å². The third-order valence-corrected chi connectivity index (χ3v) is 4.08. The van der Waals surface area contributed by atoms with E-state index in [0.29, 0.717) is 6.54 Å². The molecule has 1 aromatic carbocycles. The molecule has 6 heteroatoms. The lowest BCUT2D eigenvalue weighted by molar-refractivity contribution is -0.682. The van der Waals surface area contributed by atoms with E-state index >= 15 is 0 Å². The Balaban J connectivity index is 1.91. The number of rotatable bonds is 5. The van der Waals surface area contributed by atoms with Crippen molar-refractivity contribution in [3.8, 4) is 0 Å². The summed E-state index contributed by atoms with van der Waals surface area (Å²) in [5.41, 5.74) is 3.74. The minimum absolute atomic E-state index is 0.0278. The standard InChI is InChI=1S/C16H21ClN4O/c1-10(13-5-7-14(17)8-6-13)18-9-15(22)19-16-11(2)20-21(4)12(16)3/h5-8,10,18H,9H2,1-4H3,(H,19,22)/p+1/t10-/m0/s1. The smallest absolute Gasteiger partial charge is 0.279 e. The second kappa shape index (κ2) is 6.94. The quantitative estimate of drug-likeness (QED) is 0.884. The van der Waals surface area contributed by atoms with Gasteiger partial charge in [0.05, 0.1) is 17.1 Å². The summed E-state index contributed by atoms with van der Waals surface area (Å²) in [6, 6.07) is 7.89. The summed E-state index contributed by atoms with van der Waals surface area (Å²) in [7, 11) is 1.87. The van der Waals surface area contributed by atoms with Crippen molar-refractivity contribution >= 4 is 23.2 Å². The Labute approximate surface area is 135 Å². The van der Waals surface area contributed by atoms with Crippen LogP contribution >= 0.6 is 11.6 Å². The first-order chi connectivity index (χ1) is 10.4. The first-order valence-electron chi connectivity index (χ1n) is 7.27. The second-order valence-corrected chi connectivity index (χ2v) is 5.93. The van der Waals surface area contributed by atoms with Gasteiger partial charge in [-0.2, -0.15) is 5.10 Å². The van der Waals surface area contributed by atoms with E-state index in [1.165, 1.54) is 0 Å². The van der Waals surface area contributed by atoms with Crippen LogP contribution in [0.3, 0.4) is 0 Å². The van der Waals surface area contributed by atoms with Gasteiger partial charge in [-0.1, -0.05) is 23.7 Å². The number of carbonyl (C=O) groups excluding carboxylic acids is 1. The highest BCUT2D eigenvalue weighted by Crippen LogP contribution is 2.18. The van der Waals surface area contributed by atoms with Crippen LogP contribution in [-0.2, 0) is 11.8 Å². The van der Waals surface area contributed by atoms with Crippen molar-refractivity contribution in [2.45, 2.75) is 26.8 Å². The fourth-order valence-corrected chi connectivity index (χ4v) is 2.46. The molecule has 0 aliphatic rings. The Kier molecular flexibility index (Phi) is 5.21. The molecule has 5 nitrogen and oxygen atoms in total. The molecule has 0 saturated carbocycles. The van der Waals surface area contributed by atoms with Gasteiger partial charge in [0.2, 0.25) is 0 Å². The molecule has 0 bridgehead atoms. The van der Waals surface area contributed by atoms with E-state index in [-0.39, 0.29) is 11.9 Å². The number of amides is 1. The first kappa shape index (κ1) is 16.5. The van der Waals surface area contributed by atoms with E-state index in [1.54, 1.807) is 4.68 Å². The van der Waals surface area contributed by atoms with Crippen molar-refractivity contribution < 1.29 is 10.1 Å². The molecular formula is C16H22ClN4O+. The van der Waals surface area contributed by atoms with Gasteiger partial charge in [0, 0.05) is 17.6 Å². The molecule has 0 aliphatic carbocycles. The van der Waals surface area contributed by atoms with Crippen molar-refractivity contribution in [2.75, 3.05) is 11.9 Å². The maximum Gasteiger partial charge on any atom is 0.279 e. The molecule has 0 radical (unpaired) electrons. The Morgan fingerprint density at radius 3 is 2.55 bits per heavy atom. The summed E-state index contributed by atoms with van der Waals surface area (Å²) < 4.78 is 1.77. The molecule has 0 fully saturated rings. The lowest BCUT2D eigenvalue weighted by atomic mass is 10.1. The lowest BCUT2D eigenvalue weighted by Gasteiger charge is -2.11. The highest BCUT2D eigenvalue weighted by molar-refractivity contribution is 6.30. The molecule has 2 rings (SSSR count). The van der Waals surface area contributed by atoms with Gasteiger partial charge in [-0.3, -0.25) is 9.48 Å². The molecule has 1 amide bonds. The van der Waals surface area contributed by atoms with Crippen LogP contribution in [0.4, 0.5) is 5.69 Å². The first-order valence-corrected chi connectivity index (χ1v) is 7.65. The monoisotopic (exact) mass is 321 g/mol. The normalized spacial score (nSPS) is 12.2. The van der Waals surface area contributed by atoms with E-state index in [0.717, 1.165) is 27.7 Å². The minimum atomic E-state index is -0.0278. The molecule has 2 aromatic rings. The summed E-state index contributed by atoms with van der Waals surface area (Å²) in [6.07, 6.45) is 0. The zero-order chi connectivity index (χ0) is 16.3. The number of hydrogen-bond donors (Lipinski definition) is 2. The fraction of sp³-hybridized carbons (Fsp3) is 0.375. The predicted molar refractivity (Wildman–Crippen MR) is 88.0 cm³/mol. The number of hydrogen-bond acceptors (Lipinski definition) is 2. The number of quaternary nitrogens is 1. The number of benzene rings is 1. The molecule has 1 aromatic heterocycles. The number of nitrogens with one attached hydrogen (secondary N) is 1. The van der Waals surface area contributed by atoms with Gasteiger partial charge < -0.3 is 10.6 Å². The SMILES string of the molecule is Cc1nn(C)c(C)c1NC(=O)C[NH2+][C@@H](C)c1ccc(Cl)cc1. The largest absolute Gasteiger partial charge is 0.333 e. The van der Waals surface area contributed by atoms with Crippen LogP contribution in [0.1, 0.15) is 29.9 Å². The minimum Gasteiger partial charge on any atom is -0.333 e. The van der Waals surface area contributed by atoms with Gasteiger partial charge >= 0.3 is 0 Å². The summed E-state index contributed by atoms with van der Waals surface area (Å²) in [6.45, 7) is 6.26. The number of aromatic nitrogens is 2. The van der Waals surface area contributed by atoms with E-state index in [1.807, 2.05) is 50.5 Å². The number of halogens is 1. The van der Waals surface area contributed by atoms with E-state index in [2.05, 4.69) is 17.3 Å². The summed E-state index contributed by atoms with van der Waals surface area (Å²) in [5, 5.41) is 9.95. The van der Waals surface area contributed by atoms with Gasteiger partial charge in [-0.05, 0) is 32.9 Å². The molecule has 0 spiro atoms. The number of carbonyl (C=O) groups is 1. The van der Waals surface area contributed by atoms with Gasteiger partial charge in [-0.15, -0.1) is 0 Å². The topological polar surface area (TPSA) is 63.5 Å². The zero-order valence-corrected chi connectivity index (χ0v) is 14.1. The predicted octanol–water partition coefficient (Wildman–Crippen LogP) is 1.95. The lowest BCUT2D eigenvalue weighted by Crippen LogP contribution is -2.86. The average molecular weight is 322 g/mol.